The number of thiazole rings is 1. The van der Waals surface area contributed by atoms with Crippen molar-refractivity contribution in [3.8, 4) is 11.1 Å². The molecule has 1 amide bonds. The van der Waals surface area contributed by atoms with Crippen LogP contribution in [0.25, 0.3) is 11.1 Å². The number of pyridine rings is 1. The van der Waals surface area contributed by atoms with E-state index in [1.165, 1.54) is 11.3 Å². The van der Waals surface area contributed by atoms with E-state index in [-0.39, 0.29) is 12.7 Å². The number of carbonyl (C=O) groups excluding carboxylic acids is 1. The molecular weight excluding hydrogens is 432 g/mol. The molecule has 4 rings (SSSR count). The molecule has 1 aromatic carbocycles. The van der Waals surface area contributed by atoms with E-state index in [0.29, 0.717) is 12.5 Å². The molecule has 0 radical (unpaired) electrons. The third-order valence-electron chi connectivity index (χ3n) is 5.48. The van der Waals surface area contributed by atoms with Gasteiger partial charge in [-0.15, -0.1) is 11.3 Å². The Hall–Kier alpha value is -2.64. The van der Waals surface area contributed by atoms with Crippen LogP contribution in [-0.2, 0) is 11.3 Å². The van der Waals surface area contributed by atoms with E-state index in [9.17, 15) is 4.79 Å². The standard InChI is InChI=1S/C23H25ClN4O2S/c24-20-3-1-2-18(14-20)19-4-5-21(27-15-19)28-11-7-17(8-12-28)6-9-26-23(29)30-16-22-25-10-13-31-22/h1-5,10,13-15,17H,6-9,11-12,16H2,(H,26,29). The third kappa shape index (κ3) is 6.18. The maximum atomic E-state index is 11.8. The Morgan fingerprint density at radius 1 is 1.19 bits per heavy atom. The Morgan fingerprint density at radius 3 is 2.77 bits per heavy atom. The molecular formula is C23H25ClN4O2S. The van der Waals surface area contributed by atoms with Gasteiger partial charge < -0.3 is 15.0 Å². The first-order valence-corrected chi connectivity index (χ1v) is 11.7. The van der Waals surface area contributed by atoms with E-state index < -0.39 is 0 Å². The molecule has 1 aliphatic rings. The molecule has 1 fully saturated rings. The van der Waals surface area contributed by atoms with Crippen LogP contribution in [0.5, 0.6) is 0 Å². The molecule has 2 aromatic heterocycles. The molecule has 162 valence electrons. The lowest BCUT2D eigenvalue weighted by molar-refractivity contribution is 0.138. The molecule has 0 bridgehead atoms. The SMILES string of the molecule is O=C(NCCC1CCN(c2ccc(-c3cccc(Cl)c3)cn2)CC1)OCc1nccs1. The number of carbonyl (C=O) groups is 1. The largest absolute Gasteiger partial charge is 0.442 e. The molecule has 1 N–H and O–H groups in total. The van der Waals surface area contributed by atoms with E-state index in [1.807, 2.05) is 35.8 Å². The zero-order valence-corrected chi connectivity index (χ0v) is 18.7. The maximum Gasteiger partial charge on any atom is 0.407 e. The van der Waals surface area contributed by atoms with Crippen molar-refractivity contribution in [1.82, 2.24) is 15.3 Å². The number of ether oxygens (including phenoxy) is 1. The smallest absolute Gasteiger partial charge is 0.407 e. The van der Waals surface area contributed by atoms with Crippen molar-refractivity contribution in [3.63, 3.8) is 0 Å². The first-order valence-electron chi connectivity index (χ1n) is 10.4. The molecule has 0 saturated carbocycles. The predicted molar refractivity (Wildman–Crippen MR) is 125 cm³/mol. The van der Waals surface area contributed by atoms with Crippen molar-refractivity contribution < 1.29 is 9.53 Å². The minimum atomic E-state index is -0.378. The number of benzene rings is 1. The van der Waals surface area contributed by atoms with E-state index in [2.05, 4.69) is 32.3 Å². The number of nitrogens with zero attached hydrogens (tertiary/aromatic N) is 3. The summed E-state index contributed by atoms with van der Waals surface area (Å²) in [6.07, 6.45) is 6.38. The van der Waals surface area contributed by atoms with Gasteiger partial charge in [0.2, 0.25) is 0 Å². The van der Waals surface area contributed by atoms with Gasteiger partial charge in [-0.25, -0.2) is 14.8 Å². The van der Waals surface area contributed by atoms with Crippen LogP contribution in [0.1, 0.15) is 24.3 Å². The van der Waals surface area contributed by atoms with Crippen LogP contribution < -0.4 is 10.2 Å². The highest BCUT2D eigenvalue weighted by Crippen LogP contribution is 2.27. The Labute approximate surface area is 191 Å². The number of amides is 1. The quantitative estimate of drug-likeness (QED) is 0.516. The fourth-order valence-corrected chi connectivity index (χ4v) is 4.46. The Kier molecular flexibility index (Phi) is 7.38. The summed E-state index contributed by atoms with van der Waals surface area (Å²) in [5.74, 6) is 1.61. The second-order valence-electron chi connectivity index (χ2n) is 7.56. The van der Waals surface area contributed by atoms with Crippen molar-refractivity contribution in [2.75, 3.05) is 24.5 Å². The first-order chi connectivity index (χ1) is 15.2. The third-order valence-corrected chi connectivity index (χ3v) is 6.46. The summed E-state index contributed by atoms with van der Waals surface area (Å²) >= 11 is 7.57. The molecule has 0 atom stereocenters. The summed E-state index contributed by atoms with van der Waals surface area (Å²) in [6.45, 7) is 2.81. The van der Waals surface area contributed by atoms with Gasteiger partial charge in [0.25, 0.3) is 0 Å². The molecule has 8 heteroatoms. The van der Waals surface area contributed by atoms with Crippen molar-refractivity contribution in [1.29, 1.82) is 0 Å². The zero-order valence-electron chi connectivity index (χ0n) is 17.2. The highest BCUT2D eigenvalue weighted by Gasteiger charge is 2.20. The van der Waals surface area contributed by atoms with Crippen LogP contribution in [0.3, 0.4) is 0 Å². The summed E-state index contributed by atoms with van der Waals surface area (Å²) in [5, 5.41) is 6.24. The van der Waals surface area contributed by atoms with Crippen molar-refractivity contribution in [2.45, 2.75) is 25.9 Å². The average Bonchev–Trinajstić information content (AvgIpc) is 3.32. The van der Waals surface area contributed by atoms with Gasteiger partial charge in [0.1, 0.15) is 17.4 Å². The number of alkyl carbamates (subject to hydrolysis) is 1. The molecule has 6 nitrogen and oxygen atoms in total. The molecule has 3 aromatic rings. The molecule has 1 aliphatic heterocycles. The Balaban J connectivity index is 1.18. The molecule has 31 heavy (non-hydrogen) atoms. The molecule has 3 heterocycles. The van der Waals surface area contributed by atoms with Gasteiger partial charge in [0, 0.05) is 48.0 Å². The number of nitrogens with one attached hydrogen (secondary N) is 1. The summed E-state index contributed by atoms with van der Waals surface area (Å²) in [4.78, 5) is 22.9. The van der Waals surface area contributed by atoms with E-state index >= 15 is 0 Å². The fraction of sp³-hybridized carbons (Fsp3) is 0.348. The van der Waals surface area contributed by atoms with Gasteiger partial charge in [-0.1, -0.05) is 23.7 Å². The van der Waals surface area contributed by atoms with Crippen LogP contribution in [0.4, 0.5) is 10.6 Å². The number of halogens is 1. The highest BCUT2D eigenvalue weighted by molar-refractivity contribution is 7.09. The average molecular weight is 457 g/mol. The van der Waals surface area contributed by atoms with Gasteiger partial charge in [0.15, 0.2) is 0 Å². The summed E-state index contributed by atoms with van der Waals surface area (Å²) in [7, 11) is 0. The second-order valence-corrected chi connectivity index (χ2v) is 8.98. The van der Waals surface area contributed by atoms with Crippen molar-refractivity contribution in [3.05, 3.63) is 64.2 Å². The van der Waals surface area contributed by atoms with Crippen LogP contribution >= 0.6 is 22.9 Å². The number of hydrogen-bond acceptors (Lipinski definition) is 6. The zero-order chi connectivity index (χ0) is 21.5. The van der Waals surface area contributed by atoms with Gasteiger partial charge in [-0.2, -0.15) is 0 Å². The lowest BCUT2D eigenvalue weighted by Gasteiger charge is -2.33. The van der Waals surface area contributed by atoms with Crippen LogP contribution in [-0.4, -0.2) is 35.7 Å². The molecule has 0 aliphatic carbocycles. The first kappa shape index (κ1) is 21.6. The number of rotatable bonds is 7. The monoisotopic (exact) mass is 456 g/mol. The van der Waals surface area contributed by atoms with Gasteiger partial charge in [-0.05, 0) is 55.0 Å². The highest BCUT2D eigenvalue weighted by atomic mass is 35.5. The fourth-order valence-electron chi connectivity index (χ4n) is 3.74. The summed E-state index contributed by atoms with van der Waals surface area (Å²) in [6, 6.07) is 12.0. The molecule has 0 unspecified atom stereocenters. The normalized spacial score (nSPS) is 14.4. The molecule has 0 spiro atoms. The van der Waals surface area contributed by atoms with E-state index in [4.69, 9.17) is 16.3 Å². The van der Waals surface area contributed by atoms with Crippen LogP contribution in [0.15, 0.2) is 54.2 Å². The van der Waals surface area contributed by atoms with Gasteiger partial charge in [0.05, 0.1) is 0 Å². The van der Waals surface area contributed by atoms with E-state index in [1.54, 1.807) is 6.20 Å². The number of aromatic nitrogens is 2. The van der Waals surface area contributed by atoms with E-state index in [0.717, 1.165) is 59.3 Å². The van der Waals surface area contributed by atoms with Gasteiger partial charge in [-0.3, -0.25) is 0 Å². The second kappa shape index (κ2) is 10.6. The number of anilines is 1. The number of hydrogen-bond donors (Lipinski definition) is 1. The Morgan fingerprint density at radius 2 is 2.06 bits per heavy atom. The minimum absolute atomic E-state index is 0.227. The van der Waals surface area contributed by atoms with Crippen molar-refractivity contribution >= 4 is 34.8 Å². The Bertz CT molecular complexity index is 974. The topological polar surface area (TPSA) is 67.4 Å². The summed E-state index contributed by atoms with van der Waals surface area (Å²) < 4.78 is 5.17. The van der Waals surface area contributed by atoms with Crippen LogP contribution in [0, 0.1) is 5.92 Å². The molecule has 1 saturated heterocycles. The maximum absolute atomic E-state index is 11.8. The lowest BCUT2D eigenvalue weighted by atomic mass is 9.93. The van der Waals surface area contributed by atoms with Crippen LogP contribution in [0.2, 0.25) is 5.02 Å². The minimum Gasteiger partial charge on any atom is -0.442 e. The van der Waals surface area contributed by atoms with Gasteiger partial charge >= 0.3 is 6.09 Å². The summed E-state index contributed by atoms with van der Waals surface area (Å²) in [5.41, 5.74) is 2.14. The number of piperidine rings is 1. The predicted octanol–water partition coefficient (Wildman–Crippen LogP) is 5.39. The lowest BCUT2D eigenvalue weighted by Crippen LogP contribution is -2.35. The van der Waals surface area contributed by atoms with Crippen molar-refractivity contribution in [2.24, 2.45) is 5.92 Å².